The minimum Gasteiger partial charge on any atom is -0.444 e. The highest BCUT2D eigenvalue weighted by Crippen LogP contribution is 2.28. The van der Waals surface area contributed by atoms with E-state index in [1.54, 1.807) is 123 Å². The lowest BCUT2D eigenvalue weighted by molar-refractivity contribution is -0.170. The van der Waals surface area contributed by atoms with Crippen LogP contribution in [0.3, 0.4) is 0 Å². The number of alkyl halides is 2. The molecule has 2 aromatic rings. The molecule has 54 heavy (non-hydrogen) atoms. The zero-order valence-electron chi connectivity index (χ0n) is 32.9. The van der Waals surface area contributed by atoms with Crippen LogP contribution in [-0.2, 0) is 36.9 Å². The Morgan fingerprint density at radius 3 is 1.81 bits per heavy atom. The number of ether oxygens (including phenoxy) is 1. The van der Waals surface area contributed by atoms with Gasteiger partial charge in [-0.2, -0.15) is 0 Å². The van der Waals surface area contributed by atoms with Crippen LogP contribution in [-0.4, -0.2) is 82.0 Å². The topological polar surface area (TPSA) is 180 Å². The average Bonchev–Trinajstić information content (AvgIpc) is 3.07. The number of rotatable bonds is 18. The zero-order chi connectivity index (χ0) is 41.0. The van der Waals surface area contributed by atoms with Crippen molar-refractivity contribution in [3.05, 3.63) is 71.8 Å². The lowest BCUT2D eigenvalue weighted by Gasteiger charge is -2.36. The Morgan fingerprint density at radius 2 is 1.33 bits per heavy atom. The number of nitrogens with two attached hydrogens (primary N) is 1. The number of nitrogens with one attached hydrogen (secondary N) is 3. The number of aliphatic hydroxyl groups is 1. The van der Waals surface area contributed by atoms with Crippen LogP contribution in [0.4, 0.5) is 13.6 Å². The van der Waals surface area contributed by atoms with E-state index in [1.807, 2.05) is 0 Å². The van der Waals surface area contributed by atoms with E-state index in [9.17, 15) is 29.1 Å². The number of amides is 5. The third-order valence-electron chi connectivity index (χ3n) is 8.59. The van der Waals surface area contributed by atoms with Gasteiger partial charge in [-0.1, -0.05) is 102 Å². The van der Waals surface area contributed by atoms with Gasteiger partial charge in [-0.15, -0.1) is 0 Å². The van der Waals surface area contributed by atoms with Crippen LogP contribution in [0.1, 0.15) is 79.9 Å². The van der Waals surface area contributed by atoms with Gasteiger partial charge in [0, 0.05) is 13.0 Å². The van der Waals surface area contributed by atoms with Crippen LogP contribution in [0.2, 0.25) is 0 Å². The van der Waals surface area contributed by atoms with Gasteiger partial charge in [-0.25, -0.2) is 13.6 Å². The Balaban J connectivity index is 2.45. The van der Waals surface area contributed by atoms with Crippen molar-refractivity contribution in [3.8, 4) is 0 Å². The molecule has 0 spiro atoms. The maximum atomic E-state index is 16.4. The van der Waals surface area contributed by atoms with E-state index in [0.717, 1.165) is 5.56 Å². The Labute approximate surface area is 318 Å². The Kier molecular flexibility index (Phi) is 17.2. The molecule has 3 unspecified atom stereocenters. The first-order chi connectivity index (χ1) is 25.0. The second-order valence-corrected chi connectivity index (χ2v) is 15.8. The lowest BCUT2D eigenvalue weighted by atomic mass is 9.91. The van der Waals surface area contributed by atoms with Gasteiger partial charge in [0.2, 0.25) is 23.6 Å². The summed E-state index contributed by atoms with van der Waals surface area (Å²) in [5.41, 5.74) is 6.58. The van der Waals surface area contributed by atoms with E-state index in [1.165, 1.54) is 0 Å². The minimum absolute atomic E-state index is 0.0282. The van der Waals surface area contributed by atoms with E-state index in [0.29, 0.717) is 5.56 Å². The maximum absolute atomic E-state index is 16.4. The van der Waals surface area contributed by atoms with Crippen LogP contribution >= 0.6 is 0 Å². The first-order valence-electron chi connectivity index (χ1n) is 18.4. The highest BCUT2D eigenvalue weighted by Gasteiger charge is 2.50. The van der Waals surface area contributed by atoms with E-state index in [2.05, 4.69) is 16.0 Å². The molecule has 5 atom stereocenters. The van der Waals surface area contributed by atoms with Crippen molar-refractivity contribution in [2.45, 2.75) is 117 Å². The highest BCUT2D eigenvalue weighted by atomic mass is 19.3. The maximum Gasteiger partial charge on any atom is 0.408 e. The summed E-state index contributed by atoms with van der Waals surface area (Å²) in [6, 6.07) is 13.3. The smallest absolute Gasteiger partial charge is 0.408 e. The van der Waals surface area contributed by atoms with Crippen molar-refractivity contribution < 1.29 is 42.6 Å². The van der Waals surface area contributed by atoms with E-state index in [4.69, 9.17) is 10.5 Å². The van der Waals surface area contributed by atoms with Crippen LogP contribution in [0.5, 0.6) is 0 Å². The average molecular weight is 760 g/mol. The molecule has 0 heterocycles. The van der Waals surface area contributed by atoms with Gasteiger partial charge in [0.15, 0.2) is 0 Å². The van der Waals surface area contributed by atoms with Gasteiger partial charge >= 0.3 is 6.09 Å². The number of aliphatic hydroxyl groups excluding tert-OH is 1. The second-order valence-electron chi connectivity index (χ2n) is 15.8. The third kappa shape index (κ3) is 14.4. The molecule has 6 N–H and O–H groups in total. The number of benzene rings is 2. The van der Waals surface area contributed by atoms with Crippen molar-refractivity contribution >= 4 is 29.7 Å². The summed E-state index contributed by atoms with van der Waals surface area (Å²) >= 11 is 0. The van der Waals surface area contributed by atoms with E-state index in [-0.39, 0.29) is 30.2 Å². The number of imide groups is 1. The number of carbonyl (C=O) groups excluding carboxylic acids is 5. The van der Waals surface area contributed by atoms with Crippen molar-refractivity contribution in [3.63, 3.8) is 0 Å². The Bertz CT molecular complexity index is 1530. The summed E-state index contributed by atoms with van der Waals surface area (Å²) in [5.74, 6) is -11.3. The number of nitrogens with zero attached hydrogens (tertiary/aromatic N) is 1. The standard InChI is InChI=1S/C40H59F2N5O7/c1-24(2)20-29(45-34(49)30(21-27-16-12-10-13-17-27)46-38(53)54-39(7,8)9)33(48)40(41,42)23-47(37(52)32(43)26(5)6)36(51)31(25(3)4)35(50)44-22-28-18-14-11-15-19-28/h10-19,24-26,29-33,48H,20-23,43H2,1-9H3,(H,44,50)(H,45,49)(H,46,53)/t29?,30-,31?,32-,33?/m0/s1. The summed E-state index contributed by atoms with van der Waals surface area (Å²) in [5, 5.41) is 19.0. The van der Waals surface area contributed by atoms with Crippen LogP contribution in [0.25, 0.3) is 0 Å². The summed E-state index contributed by atoms with van der Waals surface area (Å²) in [7, 11) is 0. The van der Waals surface area contributed by atoms with Crippen molar-refractivity contribution in [1.29, 1.82) is 0 Å². The first kappa shape index (κ1) is 45.7. The van der Waals surface area contributed by atoms with Crippen LogP contribution in [0, 0.1) is 23.7 Å². The molecule has 12 nitrogen and oxygen atoms in total. The molecule has 0 aliphatic heterocycles. The minimum atomic E-state index is -4.20. The van der Waals surface area contributed by atoms with Crippen LogP contribution in [0.15, 0.2) is 60.7 Å². The molecule has 0 saturated carbocycles. The van der Waals surface area contributed by atoms with Gasteiger partial charge in [0.05, 0.1) is 18.6 Å². The molecule has 0 aromatic heterocycles. The van der Waals surface area contributed by atoms with Gasteiger partial charge in [0.1, 0.15) is 23.7 Å². The Morgan fingerprint density at radius 1 is 0.796 bits per heavy atom. The quantitative estimate of drug-likeness (QED) is 0.137. The number of alkyl carbamates (subject to hydrolysis) is 1. The molecule has 0 radical (unpaired) electrons. The second kappa shape index (κ2) is 20.3. The molecular formula is C40H59F2N5O7. The summed E-state index contributed by atoms with van der Waals surface area (Å²) in [4.78, 5) is 67.9. The molecule has 2 rings (SSSR count). The van der Waals surface area contributed by atoms with Crippen molar-refractivity contribution in [2.24, 2.45) is 29.4 Å². The number of halogens is 2. The first-order valence-corrected chi connectivity index (χ1v) is 18.4. The van der Waals surface area contributed by atoms with Gasteiger partial charge in [-0.3, -0.25) is 24.1 Å². The zero-order valence-corrected chi connectivity index (χ0v) is 32.9. The predicted molar refractivity (Wildman–Crippen MR) is 202 cm³/mol. The molecule has 2 aromatic carbocycles. The van der Waals surface area contributed by atoms with Crippen molar-refractivity contribution in [1.82, 2.24) is 20.9 Å². The highest BCUT2D eigenvalue weighted by molar-refractivity contribution is 6.07. The van der Waals surface area contributed by atoms with E-state index < -0.39 is 89.8 Å². The third-order valence-corrected chi connectivity index (χ3v) is 8.59. The van der Waals surface area contributed by atoms with Crippen molar-refractivity contribution in [2.75, 3.05) is 6.54 Å². The van der Waals surface area contributed by atoms with Crippen LogP contribution < -0.4 is 21.7 Å². The molecule has 300 valence electrons. The summed E-state index contributed by atoms with van der Waals surface area (Å²) in [6.07, 6.45) is -3.70. The largest absolute Gasteiger partial charge is 0.444 e. The van der Waals surface area contributed by atoms with Gasteiger partial charge in [-0.05, 0) is 56.1 Å². The number of hydrogen-bond donors (Lipinski definition) is 5. The monoisotopic (exact) mass is 759 g/mol. The molecule has 0 saturated heterocycles. The Hall–Kier alpha value is -4.43. The molecule has 0 bridgehead atoms. The normalized spacial score (nSPS) is 14.8. The summed E-state index contributed by atoms with van der Waals surface area (Å²) < 4.78 is 38.1. The SMILES string of the molecule is CC(C)CC(NC(=O)[C@H](Cc1ccccc1)NC(=O)OC(C)(C)C)C(O)C(F)(F)CN(C(=O)C(C(=O)NCc1ccccc1)C(C)C)C(=O)[C@@H](N)C(C)C. The number of hydrogen-bond acceptors (Lipinski definition) is 8. The molecule has 5 amide bonds. The van der Waals surface area contributed by atoms with Gasteiger partial charge in [0.25, 0.3) is 5.92 Å². The summed E-state index contributed by atoms with van der Waals surface area (Å²) in [6.45, 7) is 13.0. The predicted octanol–water partition coefficient (Wildman–Crippen LogP) is 4.58. The molecule has 0 aliphatic rings. The fourth-order valence-electron chi connectivity index (χ4n) is 5.66. The fourth-order valence-corrected chi connectivity index (χ4v) is 5.66. The fraction of sp³-hybridized carbons (Fsp3) is 0.575. The molecular weight excluding hydrogens is 700 g/mol. The molecule has 0 aliphatic carbocycles. The molecule has 14 heteroatoms. The number of carbonyl (C=O) groups is 5. The molecule has 0 fully saturated rings. The van der Waals surface area contributed by atoms with E-state index >= 15 is 8.78 Å². The van der Waals surface area contributed by atoms with Gasteiger partial charge < -0.3 is 31.5 Å². The lowest BCUT2D eigenvalue weighted by Crippen LogP contribution is -2.62.